The van der Waals surface area contributed by atoms with Gasteiger partial charge in [-0.25, -0.2) is 4.98 Å². The average molecular weight is 332 g/mol. The fourth-order valence-corrected chi connectivity index (χ4v) is 2.83. The summed E-state index contributed by atoms with van der Waals surface area (Å²) in [4.78, 5) is 8.96. The van der Waals surface area contributed by atoms with Gasteiger partial charge in [0.05, 0.1) is 12.8 Å². The molecule has 0 aliphatic carbocycles. The molecule has 5 heteroatoms. The van der Waals surface area contributed by atoms with Gasteiger partial charge in [-0.3, -0.25) is 4.99 Å². The van der Waals surface area contributed by atoms with Crippen LogP contribution in [0.1, 0.15) is 18.2 Å². The van der Waals surface area contributed by atoms with E-state index in [0.717, 1.165) is 33.8 Å². The van der Waals surface area contributed by atoms with Gasteiger partial charge in [0, 0.05) is 22.4 Å². The minimum atomic E-state index is -0.213. The molecule has 0 amide bonds. The molecule has 0 spiro atoms. The normalized spacial score (nSPS) is 14.5. The SMILES string of the molecule is COc1ccc(-c2nc(/C=C3/C(C)=Nc4ccccc43)c(O)o2)cc1. The van der Waals surface area contributed by atoms with E-state index in [0.29, 0.717) is 11.6 Å². The lowest BCUT2D eigenvalue weighted by molar-refractivity contribution is 0.336. The highest BCUT2D eigenvalue weighted by molar-refractivity contribution is 6.31. The summed E-state index contributed by atoms with van der Waals surface area (Å²) in [5.74, 6) is 0.889. The lowest BCUT2D eigenvalue weighted by atomic mass is 10.0. The van der Waals surface area contributed by atoms with Crippen LogP contribution in [-0.2, 0) is 0 Å². The summed E-state index contributed by atoms with van der Waals surface area (Å²) in [6.07, 6.45) is 1.80. The zero-order valence-corrected chi connectivity index (χ0v) is 13.9. The highest BCUT2D eigenvalue weighted by Gasteiger charge is 2.20. The molecule has 5 nitrogen and oxygen atoms in total. The highest BCUT2D eigenvalue weighted by Crippen LogP contribution is 2.37. The predicted octanol–water partition coefficient (Wildman–Crippen LogP) is 4.70. The summed E-state index contributed by atoms with van der Waals surface area (Å²) in [5.41, 5.74) is 4.90. The molecule has 0 radical (unpaired) electrons. The molecule has 0 unspecified atom stereocenters. The van der Waals surface area contributed by atoms with Crippen LogP contribution in [0.3, 0.4) is 0 Å². The van der Waals surface area contributed by atoms with E-state index in [1.54, 1.807) is 13.2 Å². The van der Waals surface area contributed by atoms with Crippen molar-refractivity contribution in [2.45, 2.75) is 6.92 Å². The Bertz CT molecular complexity index is 998. The van der Waals surface area contributed by atoms with Crippen molar-refractivity contribution in [3.8, 4) is 23.1 Å². The number of nitrogens with zero attached hydrogens (tertiary/aromatic N) is 2. The molecule has 2 aromatic carbocycles. The van der Waals surface area contributed by atoms with Crippen LogP contribution < -0.4 is 4.74 Å². The first-order valence-electron chi connectivity index (χ1n) is 7.86. The van der Waals surface area contributed by atoms with E-state index < -0.39 is 0 Å². The topological polar surface area (TPSA) is 67.9 Å². The summed E-state index contributed by atoms with van der Waals surface area (Å²) in [5, 5.41) is 10.1. The number of aromatic nitrogens is 1. The first-order chi connectivity index (χ1) is 12.2. The minimum absolute atomic E-state index is 0.213. The van der Waals surface area contributed by atoms with Crippen molar-refractivity contribution in [2.24, 2.45) is 4.99 Å². The molecule has 0 saturated heterocycles. The van der Waals surface area contributed by atoms with Crippen LogP contribution >= 0.6 is 0 Å². The number of oxazole rings is 1. The maximum absolute atomic E-state index is 10.1. The Hall–Kier alpha value is -3.34. The molecule has 0 bridgehead atoms. The third-order valence-electron chi connectivity index (χ3n) is 4.12. The van der Waals surface area contributed by atoms with Crippen molar-refractivity contribution < 1.29 is 14.3 Å². The zero-order valence-electron chi connectivity index (χ0n) is 13.9. The lowest BCUT2D eigenvalue weighted by Crippen LogP contribution is -1.90. The number of ether oxygens (including phenoxy) is 1. The van der Waals surface area contributed by atoms with E-state index in [2.05, 4.69) is 9.98 Å². The van der Waals surface area contributed by atoms with E-state index in [9.17, 15) is 5.11 Å². The summed E-state index contributed by atoms with van der Waals surface area (Å²) in [6, 6.07) is 15.2. The minimum Gasteiger partial charge on any atom is -0.497 e. The third-order valence-corrected chi connectivity index (χ3v) is 4.12. The van der Waals surface area contributed by atoms with Crippen molar-refractivity contribution in [1.29, 1.82) is 0 Å². The molecular formula is C20H16N2O3. The van der Waals surface area contributed by atoms with E-state index in [1.165, 1.54) is 0 Å². The van der Waals surface area contributed by atoms with Gasteiger partial charge in [0.15, 0.2) is 0 Å². The van der Waals surface area contributed by atoms with E-state index in [4.69, 9.17) is 9.15 Å². The Balaban J connectivity index is 1.73. The molecule has 25 heavy (non-hydrogen) atoms. The maximum Gasteiger partial charge on any atom is 0.310 e. The average Bonchev–Trinajstić information content (AvgIpc) is 3.16. The molecule has 1 aliphatic rings. The van der Waals surface area contributed by atoms with Crippen molar-refractivity contribution in [2.75, 3.05) is 7.11 Å². The van der Waals surface area contributed by atoms with Crippen LogP contribution in [0.15, 0.2) is 57.9 Å². The van der Waals surface area contributed by atoms with E-state index in [-0.39, 0.29) is 5.95 Å². The fourth-order valence-electron chi connectivity index (χ4n) is 2.83. The van der Waals surface area contributed by atoms with Gasteiger partial charge in [0.1, 0.15) is 11.4 Å². The Labute approximate surface area is 144 Å². The number of hydrogen-bond acceptors (Lipinski definition) is 5. The number of para-hydroxylation sites is 1. The van der Waals surface area contributed by atoms with Gasteiger partial charge in [-0.05, 0) is 43.3 Å². The molecule has 0 atom stereocenters. The van der Waals surface area contributed by atoms with Crippen LogP contribution in [0.25, 0.3) is 23.1 Å². The summed E-state index contributed by atoms with van der Waals surface area (Å²) in [6.45, 7) is 1.94. The Morgan fingerprint density at radius 3 is 2.60 bits per heavy atom. The predicted molar refractivity (Wildman–Crippen MR) is 97.2 cm³/mol. The number of fused-ring (bicyclic) bond motifs is 1. The number of methoxy groups -OCH3 is 1. The standard InChI is InChI=1S/C20H16N2O3/c1-12-16(15-5-3-4-6-17(15)21-12)11-18-20(23)25-19(22-18)13-7-9-14(24-2)10-8-13/h3-11,23H,1-2H3/b16-11-. The molecule has 0 saturated carbocycles. The van der Waals surface area contributed by atoms with E-state index in [1.807, 2.05) is 55.5 Å². The van der Waals surface area contributed by atoms with E-state index >= 15 is 0 Å². The highest BCUT2D eigenvalue weighted by atomic mass is 16.5. The Morgan fingerprint density at radius 2 is 1.84 bits per heavy atom. The van der Waals surface area contributed by atoms with Crippen LogP contribution in [0.5, 0.6) is 11.7 Å². The van der Waals surface area contributed by atoms with Gasteiger partial charge in [-0.1, -0.05) is 18.2 Å². The van der Waals surface area contributed by atoms with Gasteiger partial charge in [-0.15, -0.1) is 0 Å². The molecule has 4 rings (SSSR count). The van der Waals surface area contributed by atoms with Crippen LogP contribution in [0, 0.1) is 0 Å². The summed E-state index contributed by atoms with van der Waals surface area (Å²) < 4.78 is 10.6. The summed E-state index contributed by atoms with van der Waals surface area (Å²) in [7, 11) is 1.61. The first-order valence-corrected chi connectivity index (χ1v) is 7.86. The number of hydrogen-bond donors (Lipinski definition) is 1. The molecule has 1 aromatic heterocycles. The van der Waals surface area contributed by atoms with Gasteiger partial charge >= 0.3 is 5.95 Å². The van der Waals surface area contributed by atoms with Gasteiger partial charge in [0.25, 0.3) is 0 Å². The number of aromatic hydroxyl groups is 1. The number of rotatable bonds is 3. The number of benzene rings is 2. The second-order valence-corrected chi connectivity index (χ2v) is 5.71. The third kappa shape index (κ3) is 2.70. The molecule has 1 N–H and O–H groups in total. The molecule has 124 valence electrons. The smallest absolute Gasteiger partial charge is 0.310 e. The lowest BCUT2D eigenvalue weighted by Gasteiger charge is -2.00. The number of aliphatic imine (C=N–C) groups is 1. The molecule has 0 fully saturated rings. The van der Waals surface area contributed by atoms with Crippen molar-refractivity contribution >= 4 is 23.0 Å². The van der Waals surface area contributed by atoms with Gasteiger partial charge in [-0.2, -0.15) is 0 Å². The molecular weight excluding hydrogens is 316 g/mol. The Kier molecular flexibility index (Phi) is 3.61. The van der Waals surface area contributed by atoms with Crippen LogP contribution in [-0.4, -0.2) is 22.9 Å². The molecule has 2 heterocycles. The Morgan fingerprint density at radius 1 is 1.08 bits per heavy atom. The molecule has 3 aromatic rings. The molecule has 1 aliphatic heterocycles. The quantitative estimate of drug-likeness (QED) is 0.754. The van der Waals surface area contributed by atoms with Crippen LogP contribution in [0.4, 0.5) is 5.69 Å². The monoisotopic (exact) mass is 332 g/mol. The maximum atomic E-state index is 10.1. The summed E-state index contributed by atoms with van der Waals surface area (Å²) >= 11 is 0. The van der Waals surface area contributed by atoms with Crippen molar-refractivity contribution in [3.63, 3.8) is 0 Å². The largest absolute Gasteiger partial charge is 0.497 e. The number of allylic oxidation sites excluding steroid dienone is 1. The fraction of sp³-hybridized carbons (Fsp3) is 0.100. The zero-order chi connectivity index (χ0) is 17.4. The second-order valence-electron chi connectivity index (χ2n) is 5.71. The van der Waals surface area contributed by atoms with Gasteiger partial charge in [0.2, 0.25) is 5.89 Å². The first kappa shape index (κ1) is 15.2. The van der Waals surface area contributed by atoms with Gasteiger partial charge < -0.3 is 14.3 Å². The van der Waals surface area contributed by atoms with Crippen LogP contribution in [0.2, 0.25) is 0 Å². The van der Waals surface area contributed by atoms with Crippen molar-refractivity contribution in [1.82, 2.24) is 4.98 Å². The van der Waals surface area contributed by atoms with Crippen molar-refractivity contribution in [3.05, 3.63) is 59.8 Å². The second kappa shape index (κ2) is 5.94.